The van der Waals surface area contributed by atoms with Gasteiger partial charge in [0.25, 0.3) is 5.91 Å². The SMILES string of the molecule is C#CCNC(=O)c1ccc(CN(C)C)cc1. The molecule has 0 radical (unpaired) electrons. The molecule has 0 aliphatic rings. The van der Waals surface area contributed by atoms with E-state index in [1.165, 1.54) is 5.56 Å². The van der Waals surface area contributed by atoms with Crippen LogP contribution in [-0.4, -0.2) is 31.4 Å². The lowest BCUT2D eigenvalue weighted by atomic mass is 10.1. The normalized spacial score (nSPS) is 9.88. The van der Waals surface area contributed by atoms with Gasteiger partial charge in [-0.25, -0.2) is 0 Å². The van der Waals surface area contributed by atoms with E-state index in [1.54, 1.807) is 0 Å². The lowest BCUT2D eigenvalue weighted by molar-refractivity contribution is 0.0958. The van der Waals surface area contributed by atoms with Crippen LogP contribution in [0.1, 0.15) is 15.9 Å². The fourth-order valence-corrected chi connectivity index (χ4v) is 1.36. The number of carbonyl (C=O) groups is 1. The van der Waals surface area contributed by atoms with Gasteiger partial charge in [0.05, 0.1) is 6.54 Å². The highest BCUT2D eigenvalue weighted by molar-refractivity contribution is 5.94. The third kappa shape index (κ3) is 3.76. The van der Waals surface area contributed by atoms with Crippen molar-refractivity contribution in [1.82, 2.24) is 10.2 Å². The quantitative estimate of drug-likeness (QED) is 0.765. The molecule has 1 aromatic carbocycles. The minimum Gasteiger partial charge on any atom is -0.341 e. The molecule has 0 fully saturated rings. The van der Waals surface area contributed by atoms with Crippen molar-refractivity contribution in [3.63, 3.8) is 0 Å². The molecule has 1 rings (SSSR count). The zero-order valence-electron chi connectivity index (χ0n) is 9.66. The summed E-state index contributed by atoms with van der Waals surface area (Å²) in [4.78, 5) is 13.6. The van der Waals surface area contributed by atoms with Crippen LogP contribution in [0.2, 0.25) is 0 Å². The predicted octanol–water partition coefficient (Wildman–Crippen LogP) is 1.11. The second-order valence-electron chi connectivity index (χ2n) is 3.82. The number of terminal acetylenes is 1. The molecule has 0 atom stereocenters. The highest BCUT2D eigenvalue weighted by Gasteiger charge is 2.03. The maximum atomic E-state index is 11.5. The topological polar surface area (TPSA) is 32.3 Å². The minimum absolute atomic E-state index is 0.130. The Kier molecular flexibility index (Phi) is 4.56. The van der Waals surface area contributed by atoms with Crippen molar-refractivity contribution in [2.24, 2.45) is 0 Å². The lowest BCUT2D eigenvalue weighted by Crippen LogP contribution is -2.23. The molecule has 0 aromatic heterocycles. The first-order chi connectivity index (χ1) is 7.63. The molecule has 0 unspecified atom stereocenters. The molecule has 0 aliphatic heterocycles. The Bertz CT molecular complexity index is 387. The number of rotatable bonds is 4. The van der Waals surface area contributed by atoms with Crippen molar-refractivity contribution in [3.05, 3.63) is 35.4 Å². The average Bonchev–Trinajstić information content (AvgIpc) is 2.26. The summed E-state index contributed by atoms with van der Waals surface area (Å²) in [5, 5.41) is 2.62. The molecule has 1 N–H and O–H groups in total. The van der Waals surface area contributed by atoms with Crippen LogP contribution in [-0.2, 0) is 6.54 Å². The van der Waals surface area contributed by atoms with E-state index in [1.807, 2.05) is 38.4 Å². The monoisotopic (exact) mass is 216 g/mol. The van der Waals surface area contributed by atoms with Crippen molar-refractivity contribution in [3.8, 4) is 12.3 Å². The van der Waals surface area contributed by atoms with Crippen molar-refractivity contribution in [2.75, 3.05) is 20.6 Å². The van der Waals surface area contributed by atoms with E-state index in [-0.39, 0.29) is 12.5 Å². The van der Waals surface area contributed by atoms with Crippen molar-refractivity contribution in [2.45, 2.75) is 6.54 Å². The van der Waals surface area contributed by atoms with Crippen LogP contribution in [0.4, 0.5) is 0 Å². The third-order valence-corrected chi connectivity index (χ3v) is 2.07. The number of nitrogens with zero attached hydrogens (tertiary/aromatic N) is 1. The summed E-state index contributed by atoms with van der Waals surface area (Å²) in [5.41, 5.74) is 1.82. The number of amides is 1. The first kappa shape index (κ1) is 12.3. The maximum Gasteiger partial charge on any atom is 0.252 e. The third-order valence-electron chi connectivity index (χ3n) is 2.07. The van der Waals surface area contributed by atoms with Crippen LogP contribution in [0.15, 0.2) is 24.3 Å². The summed E-state index contributed by atoms with van der Waals surface area (Å²) in [6.07, 6.45) is 5.06. The summed E-state index contributed by atoms with van der Waals surface area (Å²) in [5.74, 6) is 2.24. The standard InChI is InChI=1S/C13H16N2O/c1-4-9-14-13(16)12-7-5-11(6-8-12)10-15(2)3/h1,5-8H,9-10H2,2-3H3,(H,14,16). The molecule has 0 saturated heterocycles. The number of hydrogen-bond acceptors (Lipinski definition) is 2. The van der Waals surface area contributed by atoms with Crippen LogP contribution < -0.4 is 5.32 Å². The van der Waals surface area contributed by atoms with Crippen molar-refractivity contribution >= 4 is 5.91 Å². The van der Waals surface area contributed by atoms with Gasteiger partial charge < -0.3 is 10.2 Å². The van der Waals surface area contributed by atoms with Gasteiger partial charge in [0.2, 0.25) is 0 Å². The summed E-state index contributed by atoms with van der Waals surface area (Å²) in [7, 11) is 4.01. The van der Waals surface area contributed by atoms with Gasteiger partial charge in [0, 0.05) is 12.1 Å². The van der Waals surface area contributed by atoms with Crippen LogP contribution in [0.3, 0.4) is 0 Å². The molecule has 1 amide bonds. The Labute approximate surface area is 96.5 Å². The van der Waals surface area contributed by atoms with E-state index in [4.69, 9.17) is 6.42 Å². The molecule has 3 nitrogen and oxygen atoms in total. The molecule has 0 aliphatic carbocycles. The minimum atomic E-state index is -0.130. The Morgan fingerprint density at radius 3 is 2.50 bits per heavy atom. The number of hydrogen-bond donors (Lipinski definition) is 1. The molecule has 0 bridgehead atoms. The van der Waals surface area contributed by atoms with Gasteiger partial charge in [-0.15, -0.1) is 6.42 Å². The van der Waals surface area contributed by atoms with Crippen LogP contribution in [0, 0.1) is 12.3 Å². The Morgan fingerprint density at radius 1 is 1.38 bits per heavy atom. The smallest absolute Gasteiger partial charge is 0.252 e. The average molecular weight is 216 g/mol. The lowest BCUT2D eigenvalue weighted by Gasteiger charge is -2.09. The van der Waals surface area contributed by atoms with Gasteiger partial charge in [-0.1, -0.05) is 18.1 Å². The Balaban J connectivity index is 2.64. The first-order valence-corrected chi connectivity index (χ1v) is 5.09. The van der Waals surface area contributed by atoms with Crippen molar-refractivity contribution in [1.29, 1.82) is 0 Å². The molecule has 0 heterocycles. The van der Waals surface area contributed by atoms with E-state index in [2.05, 4.69) is 16.1 Å². The van der Waals surface area contributed by atoms with Crippen LogP contribution in [0.25, 0.3) is 0 Å². The van der Waals surface area contributed by atoms with Gasteiger partial charge in [0.15, 0.2) is 0 Å². The van der Waals surface area contributed by atoms with E-state index in [0.29, 0.717) is 5.56 Å². The molecular weight excluding hydrogens is 200 g/mol. The van der Waals surface area contributed by atoms with Crippen LogP contribution >= 0.6 is 0 Å². The van der Waals surface area contributed by atoms with E-state index in [9.17, 15) is 4.79 Å². The van der Waals surface area contributed by atoms with Gasteiger partial charge in [-0.05, 0) is 31.8 Å². The fraction of sp³-hybridized carbons (Fsp3) is 0.308. The predicted molar refractivity (Wildman–Crippen MR) is 65.0 cm³/mol. The van der Waals surface area contributed by atoms with Gasteiger partial charge in [-0.3, -0.25) is 4.79 Å². The van der Waals surface area contributed by atoms with Crippen molar-refractivity contribution < 1.29 is 4.79 Å². The maximum absolute atomic E-state index is 11.5. The summed E-state index contributed by atoms with van der Waals surface area (Å²) in [6.45, 7) is 1.13. The van der Waals surface area contributed by atoms with Gasteiger partial charge in [-0.2, -0.15) is 0 Å². The highest BCUT2D eigenvalue weighted by atomic mass is 16.1. The number of benzene rings is 1. The molecule has 84 valence electrons. The molecular formula is C13H16N2O. The molecule has 0 spiro atoms. The van der Waals surface area contributed by atoms with Crippen LogP contribution in [0.5, 0.6) is 0 Å². The van der Waals surface area contributed by atoms with Gasteiger partial charge in [0.1, 0.15) is 0 Å². The second-order valence-corrected chi connectivity index (χ2v) is 3.82. The van der Waals surface area contributed by atoms with E-state index >= 15 is 0 Å². The summed E-state index contributed by atoms with van der Waals surface area (Å²) >= 11 is 0. The zero-order chi connectivity index (χ0) is 12.0. The van der Waals surface area contributed by atoms with E-state index in [0.717, 1.165) is 6.54 Å². The van der Waals surface area contributed by atoms with E-state index < -0.39 is 0 Å². The Hall–Kier alpha value is -1.79. The zero-order valence-corrected chi connectivity index (χ0v) is 9.66. The largest absolute Gasteiger partial charge is 0.341 e. The molecule has 0 saturated carbocycles. The summed E-state index contributed by atoms with van der Waals surface area (Å²) < 4.78 is 0. The first-order valence-electron chi connectivity index (χ1n) is 5.09. The molecule has 1 aromatic rings. The molecule has 16 heavy (non-hydrogen) atoms. The molecule has 3 heteroatoms. The second kappa shape index (κ2) is 5.94. The Morgan fingerprint density at radius 2 is 2.00 bits per heavy atom. The number of nitrogens with one attached hydrogen (secondary N) is 1. The number of carbonyl (C=O) groups excluding carboxylic acids is 1. The summed E-state index contributed by atoms with van der Waals surface area (Å²) in [6, 6.07) is 7.52. The highest BCUT2D eigenvalue weighted by Crippen LogP contribution is 2.05. The van der Waals surface area contributed by atoms with Gasteiger partial charge >= 0.3 is 0 Å². The fourth-order valence-electron chi connectivity index (χ4n) is 1.36.